The first-order valence-electron chi connectivity index (χ1n) is 6.45. The molecule has 3 nitrogen and oxygen atoms in total. The van der Waals surface area contributed by atoms with Gasteiger partial charge in [0, 0.05) is 19.3 Å². The van der Waals surface area contributed by atoms with Crippen LogP contribution in [-0.4, -0.2) is 22.4 Å². The zero-order valence-corrected chi connectivity index (χ0v) is 10.4. The Bertz CT molecular complexity index is 319. The highest BCUT2D eigenvalue weighted by Crippen LogP contribution is 2.23. The number of rotatable bonds is 4. The van der Waals surface area contributed by atoms with E-state index >= 15 is 0 Å². The van der Waals surface area contributed by atoms with Crippen LogP contribution in [-0.2, 0) is 13.5 Å². The third kappa shape index (κ3) is 3.34. The molecule has 2 unspecified atom stereocenters. The normalized spacial score (nSPS) is 25.9. The molecular formula is C13H23N3. The quantitative estimate of drug-likeness (QED) is 0.844. The highest BCUT2D eigenvalue weighted by atomic mass is 15.2. The number of nitrogens with one attached hydrogen (secondary N) is 1. The molecule has 2 atom stereocenters. The van der Waals surface area contributed by atoms with Crippen LogP contribution in [0.15, 0.2) is 12.4 Å². The van der Waals surface area contributed by atoms with Gasteiger partial charge in [0.05, 0.1) is 6.20 Å². The molecule has 3 heteroatoms. The molecule has 2 rings (SSSR count). The topological polar surface area (TPSA) is 29.9 Å². The number of hydrogen-bond donors (Lipinski definition) is 1. The predicted molar refractivity (Wildman–Crippen MR) is 66.3 cm³/mol. The summed E-state index contributed by atoms with van der Waals surface area (Å²) in [6.07, 6.45) is 10.7. The average Bonchev–Trinajstić information content (AvgIpc) is 2.64. The van der Waals surface area contributed by atoms with Crippen LogP contribution in [0.3, 0.4) is 0 Å². The summed E-state index contributed by atoms with van der Waals surface area (Å²) in [7, 11) is 1.97. The summed E-state index contributed by atoms with van der Waals surface area (Å²) in [6.45, 7) is 3.46. The van der Waals surface area contributed by atoms with E-state index in [2.05, 4.69) is 23.5 Å². The smallest absolute Gasteiger partial charge is 0.0522 e. The third-order valence-electron chi connectivity index (χ3n) is 3.54. The molecule has 1 heterocycles. The van der Waals surface area contributed by atoms with Crippen LogP contribution in [0.5, 0.6) is 0 Å². The highest BCUT2D eigenvalue weighted by molar-refractivity contribution is 5.03. The first-order chi connectivity index (χ1) is 7.74. The van der Waals surface area contributed by atoms with Gasteiger partial charge in [-0.15, -0.1) is 0 Å². The van der Waals surface area contributed by atoms with Crippen molar-refractivity contribution in [2.24, 2.45) is 13.0 Å². The van der Waals surface area contributed by atoms with Crippen LogP contribution in [0.1, 0.15) is 38.2 Å². The lowest BCUT2D eigenvalue weighted by Gasteiger charge is -2.27. The number of aromatic nitrogens is 2. The van der Waals surface area contributed by atoms with Gasteiger partial charge in [0.1, 0.15) is 0 Å². The molecule has 1 fully saturated rings. The molecular weight excluding hydrogens is 198 g/mol. The summed E-state index contributed by atoms with van der Waals surface area (Å²) in [5.41, 5.74) is 1.33. The lowest BCUT2D eigenvalue weighted by atomic mass is 9.87. The zero-order chi connectivity index (χ0) is 11.4. The van der Waals surface area contributed by atoms with E-state index in [-0.39, 0.29) is 0 Å². The predicted octanol–water partition coefficient (Wildman–Crippen LogP) is 2.13. The van der Waals surface area contributed by atoms with Crippen molar-refractivity contribution in [2.75, 3.05) is 6.54 Å². The maximum Gasteiger partial charge on any atom is 0.0522 e. The van der Waals surface area contributed by atoms with Gasteiger partial charge >= 0.3 is 0 Å². The number of nitrogens with zero attached hydrogens (tertiary/aromatic N) is 2. The lowest BCUT2D eigenvalue weighted by molar-refractivity contribution is 0.303. The van der Waals surface area contributed by atoms with Gasteiger partial charge in [0.2, 0.25) is 0 Å². The molecule has 0 aromatic carbocycles. The van der Waals surface area contributed by atoms with Crippen molar-refractivity contribution >= 4 is 0 Å². The Morgan fingerprint density at radius 3 is 3.06 bits per heavy atom. The second-order valence-electron chi connectivity index (χ2n) is 5.20. The Hall–Kier alpha value is -0.830. The Morgan fingerprint density at radius 1 is 1.50 bits per heavy atom. The van der Waals surface area contributed by atoms with Crippen molar-refractivity contribution in [3.63, 3.8) is 0 Å². The standard InChI is InChI=1S/C13H23N3/c1-11-4-3-5-13(8-11)14-7-6-12-9-15-16(2)10-12/h9-11,13-14H,3-8H2,1-2H3. The van der Waals surface area contributed by atoms with Gasteiger partial charge in [-0.2, -0.15) is 5.10 Å². The second kappa shape index (κ2) is 5.48. The minimum atomic E-state index is 0.750. The van der Waals surface area contributed by atoms with Gasteiger partial charge in [-0.05, 0) is 37.3 Å². The molecule has 1 saturated carbocycles. The van der Waals surface area contributed by atoms with Crippen molar-refractivity contribution in [3.05, 3.63) is 18.0 Å². The van der Waals surface area contributed by atoms with E-state index in [1.165, 1.54) is 31.2 Å². The third-order valence-corrected chi connectivity index (χ3v) is 3.54. The van der Waals surface area contributed by atoms with Gasteiger partial charge in [-0.3, -0.25) is 4.68 Å². The van der Waals surface area contributed by atoms with Gasteiger partial charge in [-0.25, -0.2) is 0 Å². The van der Waals surface area contributed by atoms with E-state index in [0.717, 1.165) is 24.9 Å². The van der Waals surface area contributed by atoms with Gasteiger partial charge in [0.15, 0.2) is 0 Å². The molecule has 0 bridgehead atoms. The summed E-state index contributed by atoms with van der Waals surface area (Å²) < 4.78 is 1.87. The minimum absolute atomic E-state index is 0.750. The van der Waals surface area contributed by atoms with Crippen LogP contribution in [0.25, 0.3) is 0 Å². The molecule has 0 saturated heterocycles. The van der Waals surface area contributed by atoms with E-state index in [1.54, 1.807) is 0 Å². The number of aryl methyl sites for hydroxylation is 1. The minimum Gasteiger partial charge on any atom is -0.314 e. The Morgan fingerprint density at radius 2 is 2.38 bits per heavy atom. The lowest BCUT2D eigenvalue weighted by Crippen LogP contribution is -2.34. The van der Waals surface area contributed by atoms with Crippen molar-refractivity contribution < 1.29 is 0 Å². The molecule has 1 aliphatic carbocycles. The van der Waals surface area contributed by atoms with Crippen molar-refractivity contribution in [1.29, 1.82) is 0 Å². The molecule has 16 heavy (non-hydrogen) atoms. The molecule has 90 valence electrons. The fourth-order valence-corrected chi connectivity index (χ4v) is 2.64. The molecule has 0 spiro atoms. The Balaban J connectivity index is 1.67. The van der Waals surface area contributed by atoms with Crippen molar-refractivity contribution in [1.82, 2.24) is 15.1 Å². The largest absolute Gasteiger partial charge is 0.314 e. The van der Waals surface area contributed by atoms with Crippen LogP contribution >= 0.6 is 0 Å². The van der Waals surface area contributed by atoms with Crippen molar-refractivity contribution in [2.45, 2.75) is 45.1 Å². The molecule has 0 radical (unpaired) electrons. The van der Waals surface area contributed by atoms with E-state index < -0.39 is 0 Å². The molecule has 1 aromatic rings. The Kier molecular flexibility index (Phi) is 3.99. The summed E-state index contributed by atoms with van der Waals surface area (Å²) in [5, 5.41) is 7.86. The van der Waals surface area contributed by atoms with Crippen LogP contribution < -0.4 is 5.32 Å². The maximum absolute atomic E-state index is 4.18. The maximum atomic E-state index is 4.18. The summed E-state index contributed by atoms with van der Waals surface area (Å²) in [4.78, 5) is 0. The summed E-state index contributed by atoms with van der Waals surface area (Å²) in [6, 6.07) is 0.750. The van der Waals surface area contributed by atoms with E-state index in [1.807, 2.05) is 17.9 Å². The molecule has 0 amide bonds. The van der Waals surface area contributed by atoms with Crippen LogP contribution in [0.2, 0.25) is 0 Å². The van der Waals surface area contributed by atoms with Crippen LogP contribution in [0, 0.1) is 5.92 Å². The van der Waals surface area contributed by atoms with Gasteiger partial charge < -0.3 is 5.32 Å². The van der Waals surface area contributed by atoms with E-state index in [0.29, 0.717) is 0 Å². The molecule has 1 aromatic heterocycles. The second-order valence-corrected chi connectivity index (χ2v) is 5.20. The SMILES string of the molecule is CC1CCCC(NCCc2cnn(C)c2)C1. The van der Waals surface area contributed by atoms with Crippen molar-refractivity contribution in [3.8, 4) is 0 Å². The molecule has 1 aliphatic rings. The summed E-state index contributed by atoms with van der Waals surface area (Å²) >= 11 is 0. The van der Waals surface area contributed by atoms with Gasteiger partial charge in [0.25, 0.3) is 0 Å². The average molecular weight is 221 g/mol. The van der Waals surface area contributed by atoms with E-state index in [4.69, 9.17) is 0 Å². The highest BCUT2D eigenvalue weighted by Gasteiger charge is 2.17. The fourth-order valence-electron chi connectivity index (χ4n) is 2.64. The van der Waals surface area contributed by atoms with Crippen LogP contribution in [0.4, 0.5) is 0 Å². The summed E-state index contributed by atoms with van der Waals surface area (Å²) in [5.74, 6) is 0.907. The fraction of sp³-hybridized carbons (Fsp3) is 0.769. The zero-order valence-electron chi connectivity index (χ0n) is 10.4. The van der Waals surface area contributed by atoms with Gasteiger partial charge in [-0.1, -0.05) is 19.8 Å². The monoisotopic (exact) mass is 221 g/mol. The van der Waals surface area contributed by atoms with E-state index in [9.17, 15) is 0 Å². The first-order valence-corrected chi connectivity index (χ1v) is 6.45. The first kappa shape index (κ1) is 11.6. The molecule has 1 N–H and O–H groups in total. The molecule has 0 aliphatic heterocycles. The Labute approximate surface area is 98.2 Å². The number of hydrogen-bond acceptors (Lipinski definition) is 2.